The van der Waals surface area contributed by atoms with Gasteiger partial charge in [0.15, 0.2) is 6.61 Å². The van der Waals surface area contributed by atoms with Crippen LogP contribution in [0.2, 0.25) is 0 Å². The number of nitrogens with one attached hydrogen (secondary N) is 1. The summed E-state index contributed by atoms with van der Waals surface area (Å²) in [5.74, 6) is 0.630. The normalized spacial score (nSPS) is 10.3. The van der Waals surface area contributed by atoms with Crippen molar-refractivity contribution in [1.29, 1.82) is 0 Å². The van der Waals surface area contributed by atoms with Crippen LogP contribution in [0, 0.1) is 6.92 Å². The van der Waals surface area contributed by atoms with Crippen LogP contribution in [0.25, 0.3) is 0 Å². The van der Waals surface area contributed by atoms with E-state index in [9.17, 15) is 4.79 Å². The molecule has 0 bridgehead atoms. The van der Waals surface area contributed by atoms with Crippen LogP contribution in [-0.4, -0.2) is 23.6 Å². The number of benzene rings is 1. The molecule has 0 saturated heterocycles. The van der Waals surface area contributed by atoms with E-state index in [1.807, 2.05) is 49.0 Å². The fourth-order valence-corrected chi connectivity index (χ4v) is 1.96. The van der Waals surface area contributed by atoms with Crippen LogP contribution in [0.5, 0.6) is 5.75 Å². The number of ether oxygens (including phenoxy) is 1. The number of aryl methyl sites for hydroxylation is 2. The molecule has 0 aliphatic carbocycles. The van der Waals surface area contributed by atoms with Crippen LogP contribution >= 0.6 is 0 Å². The van der Waals surface area contributed by atoms with Crippen molar-refractivity contribution in [2.45, 2.75) is 13.3 Å². The second kappa shape index (κ2) is 6.80. The average molecular weight is 272 g/mol. The van der Waals surface area contributed by atoms with Crippen LogP contribution in [0.4, 0.5) is 0 Å². The van der Waals surface area contributed by atoms with Crippen LogP contribution < -0.4 is 10.1 Å². The lowest BCUT2D eigenvalue weighted by Gasteiger charge is -2.07. The minimum atomic E-state index is -0.0950. The van der Waals surface area contributed by atoms with Gasteiger partial charge < -0.3 is 14.6 Å². The summed E-state index contributed by atoms with van der Waals surface area (Å²) in [5.41, 5.74) is 2.33. The van der Waals surface area contributed by atoms with Crippen molar-refractivity contribution >= 4 is 5.91 Å². The molecule has 0 aliphatic rings. The number of carbonyl (C=O) groups excluding carboxylic acids is 1. The summed E-state index contributed by atoms with van der Waals surface area (Å²) in [5, 5.41) is 2.85. The van der Waals surface area contributed by atoms with Crippen LogP contribution in [0.3, 0.4) is 0 Å². The Labute approximate surface area is 119 Å². The lowest BCUT2D eigenvalue weighted by molar-refractivity contribution is -0.123. The molecule has 1 amide bonds. The van der Waals surface area contributed by atoms with Gasteiger partial charge in [-0.05, 0) is 42.7 Å². The topological polar surface area (TPSA) is 43.3 Å². The molecule has 1 heterocycles. The highest BCUT2D eigenvalue weighted by molar-refractivity contribution is 5.77. The number of hydrogen-bond acceptors (Lipinski definition) is 2. The van der Waals surface area contributed by atoms with Crippen molar-refractivity contribution in [3.8, 4) is 5.75 Å². The monoisotopic (exact) mass is 272 g/mol. The number of carbonyl (C=O) groups is 1. The van der Waals surface area contributed by atoms with Gasteiger partial charge in [0.05, 0.1) is 0 Å². The molecule has 1 aromatic carbocycles. The Morgan fingerprint density at radius 1 is 1.35 bits per heavy atom. The van der Waals surface area contributed by atoms with Crippen LogP contribution in [0.15, 0.2) is 42.7 Å². The first kappa shape index (κ1) is 14.2. The van der Waals surface area contributed by atoms with Gasteiger partial charge in [-0.2, -0.15) is 0 Å². The molecule has 4 nitrogen and oxygen atoms in total. The molecule has 0 saturated carbocycles. The summed E-state index contributed by atoms with van der Waals surface area (Å²) in [6, 6.07) is 9.72. The Kier molecular flexibility index (Phi) is 4.82. The highest BCUT2D eigenvalue weighted by atomic mass is 16.5. The van der Waals surface area contributed by atoms with Crippen molar-refractivity contribution in [3.05, 3.63) is 53.9 Å². The fourth-order valence-electron chi connectivity index (χ4n) is 1.96. The predicted octanol–water partition coefficient (Wildman–Crippen LogP) is 2.07. The highest BCUT2D eigenvalue weighted by Gasteiger charge is 2.03. The number of nitrogens with zero attached hydrogens (tertiary/aromatic N) is 1. The van der Waals surface area contributed by atoms with E-state index in [1.165, 1.54) is 5.56 Å². The van der Waals surface area contributed by atoms with Crippen LogP contribution in [-0.2, 0) is 18.3 Å². The van der Waals surface area contributed by atoms with Gasteiger partial charge in [0.2, 0.25) is 0 Å². The number of rotatable bonds is 6. The first-order valence-corrected chi connectivity index (χ1v) is 6.70. The second-order valence-corrected chi connectivity index (χ2v) is 4.89. The second-order valence-electron chi connectivity index (χ2n) is 4.89. The molecule has 0 aliphatic heterocycles. The molecule has 0 unspecified atom stereocenters. The van der Waals surface area contributed by atoms with Gasteiger partial charge in [-0.1, -0.05) is 12.1 Å². The zero-order chi connectivity index (χ0) is 14.4. The van der Waals surface area contributed by atoms with Crippen molar-refractivity contribution in [3.63, 3.8) is 0 Å². The standard InChI is InChI=1S/C16H20N2O2/c1-13-4-3-5-15(10-13)20-12-16(19)17-8-6-14-7-9-18(2)11-14/h3-5,7,9-11H,6,8,12H2,1-2H3,(H,17,19). The maximum Gasteiger partial charge on any atom is 0.257 e. The molecule has 1 N–H and O–H groups in total. The summed E-state index contributed by atoms with van der Waals surface area (Å²) < 4.78 is 7.44. The molecule has 2 aromatic rings. The molecule has 2 rings (SSSR count). The summed E-state index contributed by atoms with van der Waals surface area (Å²) in [6.07, 6.45) is 4.88. The number of aromatic nitrogens is 1. The summed E-state index contributed by atoms with van der Waals surface area (Å²) >= 11 is 0. The first-order chi connectivity index (χ1) is 9.63. The van der Waals surface area contributed by atoms with Crippen molar-refractivity contribution in [2.75, 3.05) is 13.2 Å². The molecular weight excluding hydrogens is 252 g/mol. The summed E-state index contributed by atoms with van der Waals surface area (Å²) in [6.45, 7) is 2.67. The number of hydrogen-bond donors (Lipinski definition) is 1. The van der Waals surface area contributed by atoms with E-state index in [-0.39, 0.29) is 12.5 Å². The van der Waals surface area contributed by atoms with Gasteiger partial charge in [0.1, 0.15) is 5.75 Å². The van der Waals surface area contributed by atoms with Crippen molar-refractivity contribution in [2.24, 2.45) is 7.05 Å². The van der Waals surface area contributed by atoms with Crippen molar-refractivity contribution in [1.82, 2.24) is 9.88 Å². The fraction of sp³-hybridized carbons (Fsp3) is 0.312. The van der Waals surface area contributed by atoms with Gasteiger partial charge >= 0.3 is 0 Å². The Morgan fingerprint density at radius 3 is 2.90 bits per heavy atom. The molecular formula is C16H20N2O2. The minimum absolute atomic E-state index is 0.0538. The van der Waals surface area contributed by atoms with E-state index in [0.717, 1.165) is 17.7 Å². The Balaban J connectivity index is 1.68. The number of amides is 1. The average Bonchev–Trinajstić information content (AvgIpc) is 2.82. The van der Waals surface area contributed by atoms with Gasteiger partial charge in [-0.25, -0.2) is 0 Å². The maximum atomic E-state index is 11.7. The van der Waals surface area contributed by atoms with Gasteiger partial charge in [0.25, 0.3) is 5.91 Å². The van der Waals surface area contributed by atoms with E-state index in [4.69, 9.17) is 4.74 Å². The minimum Gasteiger partial charge on any atom is -0.484 e. The third-order valence-corrected chi connectivity index (χ3v) is 2.99. The van der Waals surface area contributed by atoms with E-state index in [0.29, 0.717) is 6.54 Å². The molecule has 0 fully saturated rings. The quantitative estimate of drug-likeness (QED) is 0.875. The first-order valence-electron chi connectivity index (χ1n) is 6.70. The molecule has 20 heavy (non-hydrogen) atoms. The molecule has 0 radical (unpaired) electrons. The lowest BCUT2D eigenvalue weighted by Crippen LogP contribution is -2.30. The van der Waals surface area contributed by atoms with Gasteiger partial charge in [0, 0.05) is 26.0 Å². The van der Waals surface area contributed by atoms with Gasteiger partial charge in [-0.15, -0.1) is 0 Å². The maximum absolute atomic E-state index is 11.7. The molecule has 0 spiro atoms. The van der Waals surface area contributed by atoms with E-state index in [2.05, 4.69) is 17.6 Å². The molecule has 0 atom stereocenters. The SMILES string of the molecule is Cc1cccc(OCC(=O)NCCc2ccn(C)c2)c1. The van der Waals surface area contributed by atoms with E-state index in [1.54, 1.807) is 0 Å². The summed E-state index contributed by atoms with van der Waals surface area (Å²) in [4.78, 5) is 11.7. The van der Waals surface area contributed by atoms with Crippen LogP contribution in [0.1, 0.15) is 11.1 Å². The van der Waals surface area contributed by atoms with E-state index < -0.39 is 0 Å². The van der Waals surface area contributed by atoms with Gasteiger partial charge in [-0.3, -0.25) is 4.79 Å². The van der Waals surface area contributed by atoms with Crippen molar-refractivity contribution < 1.29 is 9.53 Å². The third kappa shape index (κ3) is 4.46. The Morgan fingerprint density at radius 2 is 2.20 bits per heavy atom. The molecule has 106 valence electrons. The third-order valence-electron chi connectivity index (χ3n) is 2.99. The Bertz CT molecular complexity index is 575. The zero-order valence-electron chi connectivity index (χ0n) is 11.9. The van der Waals surface area contributed by atoms with E-state index >= 15 is 0 Å². The lowest BCUT2D eigenvalue weighted by atomic mass is 10.2. The Hall–Kier alpha value is -2.23. The highest BCUT2D eigenvalue weighted by Crippen LogP contribution is 2.11. The molecule has 4 heteroatoms. The smallest absolute Gasteiger partial charge is 0.257 e. The largest absolute Gasteiger partial charge is 0.484 e. The molecule has 1 aromatic heterocycles. The zero-order valence-corrected chi connectivity index (χ0v) is 11.9. The predicted molar refractivity (Wildman–Crippen MR) is 78.8 cm³/mol. The summed E-state index contributed by atoms with van der Waals surface area (Å²) in [7, 11) is 1.98.